The lowest BCUT2D eigenvalue weighted by atomic mass is 10.2. The van der Waals surface area contributed by atoms with Crippen molar-refractivity contribution in [1.29, 1.82) is 0 Å². The average Bonchev–Trinajstić information content (AvgIpc) is 2.82. The van der Waals surface area contributed by atoms with Crippen molar-refractivity contribution >= 4 is 22.4 Å². The number of aromatic nitrogens is 1. The number of thiazole rings is 1. The fourth-order valence-electron chi connectivity index (χ4n) is 2.10. The number of nitrogens with zero attached hydrogens (tertiary/aromatic N) is 3. The fraction of sp³-hybridized carbons (Fsp3) is 0.667. The molecule has 1 aliphatic rings. The second-order valence-corrected chi connectivity index (χ2v) is 5.80. The molecule has 1 amide bonds. The van der Waals surface area contributed by atoms with Crippen molar-refractivity contribution in [2.75, 3.05) is 39.0 Å². The van der Waals surface area contributed by atoms with Gasteiger partial charge in [-0.3, -0.25) is 9.69 Å². The Balaban J connectivity index is 1.79. The molecule has 0 aromatic carbocycles. The molecule has 2 rings (SSSR count). The molecule has 0 unspecified atom stereocenters. The van der Waals surface area contributed by atoms with E-state index in [1.165, 1.54) is 11.3 Å². The number of carbonyl (C=O) groups is 1. The first kappa shape index (κ1) is 14.2. The molecule has 106 valence electrons. The van der Waals surface area contributed by atoms with E-state index in [0.29, 0.717) is 11.7 Å². The van der Waals surface area contributed by atoms with E-state index >= 15 is 0 Å². The van der Waals surface area contributed by atoms with E-state index in [4.69, 9.17) is 5.73 Å². The van der Waals surface area contributed by atoms with E-state index in [-0.39, 0.29) is 11.9 Å². The third-order valence-electron chi connectivity index (χ3n) is 3.48. The molecule has 1 aromatic rings. The van der Waals surface area contributed by atoms with Crippen LogP contribution >= 0.6 is 11.3 Å². The number of carbonyl (C=O) groups excluding carboxylic acids is 1. The molecule has 6 nitrogen and oxygen atoms in total. The first-order valence-electron chi connectivity index (χ1n) is 6.46. The molecular formula is C12H21N5OS. The Bertz CT molecular complexity index is 428. The maximum absolute atomic E-state index is 12.1. The van der Waals surface area contributed by atoms with Crippen LogP contribution in [0.3, 0.4) is 0 Å². The summed E-state index contributed by atoms with van der Waals surface area (Å²) in [5.74, 6) is 0.0520. The van der Waals surface area contributed by atoms with E-state index < -0.39 is 0 Å². The highest BCUT2D eigenvalue weighted by molar-refractivity contribution is 7.13. The van der Waals surface area contributed by atoms with Crippen LogP contribution in [0.2, 0.25) is 0 Å². The number of rotatable bonds is 4. The Kier molecular flexibility index (Phi) is 4.73. The van der Waals surface area contributed by atoms with Gasteiger partial charge in [0.15, 0.2) is 5.13 Å². The number of likely N-dealkylation sites (N-methyl/N-ethyl adjacent to an activating group) is 1. The molecule has 19 heavy (non-hydrogen) atoms. The summed E-state index contributed by atoms with van der Waals surface area (Å²) >= 11 is 1.39. The van der Waals surface area contributed by atoms with Gasteiger partial charge in [0.05, 0.1) is 18.3 Å². The molecule has 1 atom stereocenters. The second kappa shape index (κ2) is 6.31. The zero-order valence-corrected chi connectivity index (χ0v) is 12.2. The van der Waals surface area contributed by atoms with Gasteiger partial charge in [-0.1, -0.05) is 0 Å². The molecule has 0 spiro atoms. The molecule has 0 saturated carbocycles. The third kappa shape index (κ3) is 3.89. The van der Waals surface area contributed by atoms with Crippen LogP contribution in [-0.2, 0) is 11.3 Å². The molecular weight excluding hydrogens is 262 g/mol. The molecule has 1 saturated heterocycles. The number of amides is 1. The van der Waals surface area contributed by atoms with Crippen LogP contribution in [0.25, 0.3) is 0 Å². The van der Waals surface area contributed by atoms with Crippen LogP contribution in [0.1, 0.15) is 12.6 Å². The Morgan fingerprint density at radius 2 is 2.21 bits per heavy atom. The predicted octanol–water partition coefficient (Wildman–Crippen LogP) is -0.0226. The highest BCUT2D eigenvalue weighted by Gasteiger charge is 2.24. The smallest absolute Gasteiger partial charge is 0.237 e. The van der Waals surface area contributed by atoms with Gasteiger partial charge in [-0.2, -0.15) is 0 Å². The lowest BCUT2D eigenvalue weighted by Gasteiger charge is -2.35. The minimum absolute atomic E-state index is 0.0520. The summed E-state index contributed by atoms with van der Waals surface area (Å²) in [4.78, 5) is 20.7. The zero-order chi connectivity index (χ0) is 13.8. The van der Waals surface area contributed by atoms with Crippen LogP contribution in [-0.4, -0.2) is 60.0 Å². The van der Waals surface area contributed by atoms with Crippen molar-refractivity contribution < 1.29 is 4.79 Å². The highest BCUT2D eigenvalue weighted by Crippen LogP contribution is 2.11. The average molecular weight is 283 g/mol. The summed E-state index contributed by atoms with van der Waals surface area (Å²) in [5, 5.41) is 5.32. The third-order valence-corrected chi connectivity index (χ3v) is 4.20. The van der Waals surface area contributed by atoms with Gasteiger partial charge in [-0.25, -0.2) is 4.98 Å². The topological polar surface area (TPSA) is 74.5 Å². The maximum Gasteiger partial charge on any atom is 0.237 e. The van der Waals surface area contributed by atoms with E-state index in [9.17, 15) is 4.79 Å². The normalized spacial score (nSPS) is 19.3. The summed E-state index contributed by atoms with van der Waals surface area (Å²) in [5.41, 5.74) is 6.38. The summed E-state index contributed by atoms with van der Waals surface area (Å²) in [6.45, 7) is 6.31. The van der Waals surface area contributed by atoms with Crippen molar-refractivity contribution in [3.63, 3.8) is 0 Å². The zero-order valence-electron chi connectivity index (χ0n) is 11.4. The van der Waals surface area contributed by atoms with Gasteiger partial charge >= 0.3 is 0 Å². The number of hydrogen-bond donors (Lipinski definition) is 2. The molecule has 0 radical (unpaired) electrons. The van der Waals surface area contributed by atoms with E-state index in [1.807, 2.05) is 12.3 Å². The largest absolute Gasteiger partial charge is 0.375 e. The van der Waals surface area contributed by atoms with Crippen molar-refractivity contribution in [2.24, 2.45) is 0 Å². The summed E-state index contributed by atoms with van der Waals surface area (Å²) < 4.78 is 0. The molecule has 1 aliphatic heterocycles. The van der Waals surface area contributed by atoms with Gasteiger partial charge in [-0.15, -0.1) is 11.3 Å². The van der Waals surface area contributed by atoms with Gasteiger partial charge in [-0.05, 0) is 14.0 Å². The van der Waals surface area contributed by atoms with Crippen molar-refractivity contribution in [3.05, 3.63) is 11.1 Å². The molecule has 2 heterocycles. The number of anilines is 1. The number of nitrogens with one attached hydrogen (secondary N) is 1. The van der Waals surface area contributed by atoms with E-state index in [2.05, 4.69) is 27.1 Å². The van der Waals surface area contributed by atoms with E-state index in [1.54, 1.807) is 0 Å². The Morgan fingerprint density at radius 3 is 2.79 bits per heavy atom. The SMILES string of the molecule is C[C@H](C(=O)NCc1csc(N)n1)N1CCN(C)CC1. The lowest BCUT2D eigenvalue weighted by molar-refractivity contribution is -0.126. The van der Waals surface area contributed by atoms with Crippen molar-refractivity contribution in [1.82, 2.24) is 20.1 Å². The minimum Gasteiger partial charge on any atom is -0.375 e. The standard InChI is InChI=1S/C12H21N5OS/c1-9(17-5-3-16(2)4-6-17)11(18)14-7-10-8-19-12(13)15-10/h8-9H,3-7H2,1-2H3,(H2,13,15)(H,14,18)/t9-/m1/s1. The van der Waals surface area contributed by atoms with Gasteiger partial charge < -0.3 is 16.0 Å². The van der Waals surface area contributed by atoms with Crippen LogP contribution < -0.4 is 11.1 Å². The minimum atomic E-state index is -0.0929. The Labute approximate surface area is 117 Å². The first-order chi connectivity index (χ1) is 9.06. The van der Waals surface area contributed by atoms with E-state index in [0.717, 1.165) is 31.9 Å². The molecule has 3 N–H and O–H groups in total. The maximum atomic E-state index is 12.1. The molecule has 1 aromatic heterocycles. The monoisotopic (exact) mass is 283 g/mol. The quantitative estimate of drug-likeness (QED) is 0.812. The number of nitrogen functional groups attached to an aromatic ring is 1. The fourth-order valence-corrected chi connectivity index (χ4v) is 2.67. The Morgan fingerprint density at radius 1 is 1.53 bits per heavy atom. The molecule has 0 aliphatic carbocycles. The van der Waals surface area contributed by atoms with Gasteiger partial charge in [0, 0.05) is 31.6 Å². The summed E-state index contributed by atoms with van der Waals surface area (Å²) in [6.07, 6.45) is 0. The lowest BCUT2D eigenvalue weighted by Crippen LogP contribution is -2.52. The highest BCUT2D eigenvalue weighted by atomic mass is 32.1. The number of hydrogen-bond acceptors (Lipinski definition) is 6. The molecule has 0 bridgehead atoms. The first-order valence-corrected chi connectivity index (χ1v) is 7.34. The van der Waals surface area contributed by atoms with Gasteiger partial charge in [0.1, 0.15) is 0 Å². The molecule has 1 fully saturated rings. The van der Waals surface area contributed by atoms with Crippen LogP contribution in [0.15, 0.2) is 5.38 Å². The summed E-state index contributed by atoms with van der Waals surface area (Å²) in [6, 6.07) is -0.0929. The Hall–Kier alpha value is -1.18. The number of nitrogens with two attached hydrogens (primary N) is 1. The van der Waals surface area contributed by atoms with Crippen LogP contribution in [0.5, 0.6) is 0 Å². The predicted molar refractivity (Wildman–Crippen MR) is 76.9 cm³/mol. The van der Waals surface area contributed by atoms with Crippen molar-refractivity contribution in [2.45, 2.75) is 19.5 Å². The molecule has 7 heteroatoms. The van der Waals surface area contributed by atoms with Crippen LogP contribution in [0, 0.1) is 0 Å². The van der Waals surface area contributed by atoms with Crippen LogP contribution in [0.4, 0.5) is 5.13 Å². The summed E-state index contributed by atoms with van der Waals surface area (Å²) in [7, 11) is 2.11. The number of piperazine rings is 1. The van der Waals surface area contributed by atoms with Gasteiger partial charge in [0.2, 0.25) is 5.91 Å². The van der Waals surface area contributed by atoms with Crippen molar-refractivity contribution in [3.8, 4) is 0 Å². The second-order valence-electron chi connectivity index (χ2n) is 4.91. The van der Waals surface area contributed by atoms with Gasteiger partial charge in [0.25, 0.3) is 0 Å².